The van der Waals surface area contributed by atoms with Crippen LogP contribution in [0.2, 0.25) is 0 Å². The van der Waals surface area contributed by atoms with Crippen LogP contribution in [0.25, 0.3) is 0 Å². The minimum atomic E-state index is 0.283. The highest BCUT2D eigenvalue weighted by atomic mass is 32.2. The Morgan fingerprint density at radius 3 is 2.23 bits per heavy atom. The fraction of sp³-hybridized carbons (Fsp3) is 0.455. The smallest absolute Gasteiger partial charge is 0.0183 e. The molecule has 1 aromatic rings. The molecule has 0 unspecified atom stereocenters. The molecule has 0 aliphatic rings. The maximum atomic E-state index is 2.31. The van der Waals surface area contributed by atoms with E-state index in [0.29, 0.717) is 0 Å². The Balaban J connectivity index is 2.34. The van der Waals surface area contributed by atoms with E-state index >= 15 is 0 Å². The van der Waals surface area contributed by atoms with Crippen molar-refractivity contribution >= 4 is 19.7 Å². The molecule has 0 aliphatic carbocycles. The van der Waals surface area contributed by atoms with E-state index in [9.17, 15) is 0 Å². The van der Waals surface area contributed by atoms with Gasteiger partial charge in [0.1, 0.15) is 0 Å². The first-order chi connectivity index (χ1) is 6.36. The lowest BCUT2D eigenvalue weighted by atomic mass is 10.4. The summed E-state index contributed by atoms with van der Waals surface area (Å²) in [5, 5.41) is 0. The summed E-state index contributed by atoms with van der Waals surface area (Å²) >= 11 is 2.01. The van der Waals surface area contributed by atoms with Crippen LogP contribution >= 0.6 is 19.7 Å². The third-order valence-electron chi connectivity index (χ3n) is 2.05. The monoisotopic (exact) mass is 212 g/mol. The summed E-state index contributed by atoms with van der Waals surface area (Å²) in [6.07, 6.45) is 2.73. The summed E-state index contributed by atoms with van der Waals surface area (Å²) < 4.78 is 0. The molecule has 1 aromatic carbocycles. The molecule has 0 N–H and O–H groups in total. The molecule has 0 amide bonds. The van der Waals surface area contributed by atoms with E-state index in [-0.39, 0.29) is 7.92 Å². The van der Waals surface area contributed by atoms with Crippen LogP contribution in [0.3, 0.4) is 0 Å². The van der Waals surface area contributed by atoms with Gasteiger partial charge in [-0.3, -0.25) is 0 Å². The molecular formula is C11H17PS. The van der Waals surface area contributed by atoms with Crippen LogP contribution in [-0.2, 0) is 0 Å². The Morgan fingerprint density at radius 1 is 1.08 bits per heavy atom. The highest BCUT2D eigenvalue weighted by Gasteiger charge is 2.02. The zero-order valence-electron chi connectivity index (χ0n) is 8.36. The molecular weight excluding hydrogens is 195 g/mol. The van der Waals surface area contributed by atoms with Gasteiger partial charge in [0.2, 0.25) is 0 Å². The number of benzene rings is 1. The van der Waals surface area contributed by atoms with Crippen molar-refractivity contribution < 1.29 is 0 Å². The average Bonchev–Trinajstić information content (AvgIpc) is 2.21. The van der Waals surface area contributed by atoms with E-state index in [1.54, 1.807) is 0 Å². The standard InChI is InChI=1S/C11H17PS/c1-3-12(4-2)10-13-11-8-6-5-7-9-11/h5-9H,3-4,10H2,1-2H3. The molecule has 0 spiro atoms. The minimum absolute atomic E-state index is 0.283. The first-order valence-corrected chi connectivity index (χ1v) is 7.65. The van der Waals surface area contributed by atoms with E-state index in [1.807, 2.05) is 11.8 Å². The molecule has 0 radical (unpaired) electrons. The normalized spacial score (nSPS) is 10.7. The van der Waals surface area contributed by atoms with Crippen molar-refractivity contribution in [2.24, 2.45) is 0 Å². The second kappa shape index (κ2) is 6.45. The van der Waals surface area contributed by atoms with Gasteiger partial charge in [0.05, 0.1) is 0 Å². The molecule has 0 fully saturated rings. The Kier molecular flexibility index (Phi) is 5.50. The summed E-state index contributed by atoms with van der Waals surface area (Å²) in [4.78, 5) is 1.41. The van der Waals surface area contributed by atoms with Gasteiger partial charge < -0.3 is 0 Å². The maximum absolute atomic E-state index is 2.31. The Labute approximate surface area is 86.9 Å². The van der Waals surface area contributed by atoms with Gasteiger partial charge in [0.25, 0.3) is 0 Å². The van der Waals surface area contributed by atoms with Crippen molar-refractivity contribution in [3.05, 3.63) is 30.3 Å². The number of thioether (sulfide) groups is 1. The van der Waals surface area contributed by atoms with Gasteiger partial charge in [-0.25, -0.2) is 0 Å². The first kappa shape index (κ1) is 11.1. The van der Waals surface area contributed by atoms with Crippen LogP contribution in [0, 0.1) is 0 Å². The van der Waals surface area contributed by atoms with E-state index in [0.717, 1.165) is 0 Å². The van der Waals surface area contributed by atoms with E-state index in [4.69, 9.17) is 0 Å². The third-order valence-corrected chi connectivity index (χ3v) is 6.42. The molecule has 0 bridgehead atoms. The molecule has 2 heteroatoms. The molecule has 13 heavy (non-hydrogen) atoms. The van der Waals surface area contributed by atoms with E-state index in [2.05, 4.69) is 44.2 Å². The van der Waals surface area contributed by atoms with Crippen molar-refractivity contribution in [3.63, 3.8) is 0 Å². The zero-order valence-corrected chi connectivity index (χ0v) is 10.1. The third kappa shape index (κ3) is 4.15. The Bertz CT molecular complexity index is 219. The van der Waals surface area contributed by atoms with Crippen LogP contribution < -0.4 is 0 Å². The predicted molar refractivity (Wildman–Crippen MR) is 65.2 cm³/mol. The lowest BCUT2D eigenvalue weighted by Crippen LogP contribution is -1.85. The quantitative estimate of drug-likeness (QED) is 0.519. The summed E-state index contributed by atoms with van der Waals surface area (Å²) in [7, 11) is 0.283. The maximum Gasteiger partial charge on any atom is 0.0183 e. The molecule has 0 nitrogen and oxygen atoms in total. The molecule has 0 saturated heterocycles. The molecule has 72 valence electrons. The summed E-state index contributed by atoms with van der Waals surface area (Å²) in [5.41, 5.74) is 1.33. The predicted octanol–water partition coefficient (Wildman–Crippen LogP) is 4.26. The molecule has 0 saturated carbocycles. The molecule has 0 heterocycles. The Hall–Kier alpha value is 0. The van der Waals surface area contributed by atoms with Gasteiger partial charge in [-0.05, 0) is 24.5 Å². The lowest BCUT2D eigenvalue weighted by Gasteiger charge is -2.11. The highest BCUT2D eigenvalue weighted by Crippen LogP contribution is 2.40. The van der Waals surface area contributed by atoms with Crippen molar-refractivity contribution in [1.29, 1.82) is 0 Å². The summed E-state index contributed by atoms with van der Waals surface area (Å²) in [5.74, 6) is 0. The van der Waals surface area contributed by atoms with Crippen molar-refractivity contribution in [2.75, 3.05) is 17.8 Å². The van der Waals surface area contributed by atoms with Crippen molar-refractivity contribution in [2.45, 2.75) is 18.7 Å². The van der Waals surface area contributed by atoms with Gasteiger partial charge in [0, 0.05) is 10.4 Å². The van der Waals surface area contributed by atoms with Crippen LogP contribution in [0.15, 0.2) is 35.2 Å². The van der Waals surface area contributed by atoms with Crippen LogP contribution in [0.5, 0.6) is 0 Å². The van der Waals surface area contributed by atoms with Crippen LogP contribution in [-0.4, -0.2) is 17.8 Å². The molecule has 1 rings (SSSR count). The SMILES string of the molecule is CCP(CC)CSc1ccccc1. The van der Waals surface area contributed by atoms with Gasteiger partial charge in [0.15, 0.2) is 0 Å². The van der Waals surface area contributed by atoms with Crippen LogP contribution in [0.1, 0.15) is 13.8 Å². The van der Waals surface area contributed by atoms with Gasteiger partial charge in [-0.15, -0.1) is 11.8 Å². The molecule has 0 aliphatic heterocycles. The number of hydrogen-bond acceptors (Lipinski definition) is 1. The average molecular weight is 212 g/mol. The first-order valence-electron chi connectivity index (χ1n) is 4.77. The zero-order chi connectivity index (χ0) is 9.52. The van der Waals surface area contributed by atoms with E-state index < -0.39 is 0 Å². The lowest BCUT2D eigenvalue weighted by molar-refractivity contribution is 1.40. The van der Waals surface area contributed by atoms with Gasteiger partial charge >= 0.3 is 0 Å². The second-order valence-electron chi connectivity index (χ2n) is 2.89. The van der Waals surface area contributed by atoms with Crippen LogP contribution in [0.4, 0.5) is 0 Å². The van der Waals surface area contributed by atoms with E-state index in [1.165, 1.54) is 22.7 Å². The number of hydrogen-bond donors (Lipinski definition) is 0. The number of rotatable bonds is 5. The van der Waals surface area contributed by atoms with Gasteiger partial charge in [-0.1, -0.05) is 40.0 Å². The second-order valence-corrected chi connectivity index (χ2v) is 7.29. The molecule has 0 aromatic heterocycles. The fourth-order valence-electron chi connectivity index (χ4n) is 1.09. The topological polar surface area (TPSA) is 0 Å². The molecule has 0 atom stereocenters. The van der Waals surface area contributed by atoms with Crippen molar-refractivity contribution in [1.82, 2.24) is 0 Å². The largest absolute Gasteiger partial charge is 0.121 e. The Morgan fingerprint density at radius 2 is 1.69 bits per heavy atom. The van der Waals surface area contributed by atoms with Gasteiger partial charge in [-0.2, -0.15) is 0 Å². The minimum Gasteiger partial charge on any atom is -0.121 e. The summed E-state index contributed by atoms with van der Waals surface area (Å²) in [6.45, 7) is 4.61. The summed E-state index contributed by atoms with van der Waals surface area (Å²) in [6, 6.07) is 10.7. The highest BCUT2D eigenvalue weighted by molar-refractivity contribution is 8.04. The fourth-order valence-corrected chi connectivity index (χ4v) is 4.67. The van der Waals surface area contributed by atoms with Crippen molar-refractivity contribution in [3.8, 4) is 0 Å².